The standard InChI is InChI=1S/C28H33N5O6/c1-16(31-25(35)21(29)14-18-15-30-22-6-3-2-5-20(18)22)27(37)33-12-4-7-24(33)26(36)32-23(28(38)39)13-17-8-10-19(34)11-9-17/h2-3,5-6,8-11,15-16,21,23-24,30,34H,4,7,12-14,29H2,1H3,(H,31,35)(H,32,36)(H,38,39). The van der Waals surface area contributed by atoms with E-state index in [1.165, 1.54) is 24.0 Å². The summed E-state index contributed by atoms with van der Waals surface area (Å²) < 4.78 is 0. The Morgan fingerprint density at radius 3 is 2.51 bits per heavy atom. The molecule has 11 heteroatoms. The topological polar surface area (TPSA) is 178 Å². The molecular weight excluding hydrogens is 502 g/mol. The molecule has 1 aliphatic heterocycles. The van der Waals surface area contributed by atoms with Crippen molar-refractivity contribution in [3.8, 4) is 5.75 Å². The van der Waals surface area contributed by atoms with Gasteiger partial charge in [-0.25, -0.2) is 4.79 Å². The summed E-state index contributed by atoms with van der Waals surface area (Å²) in [6.07, 6.45) is 3.06. The highest BCUT2D eigenvalue weighted by Crippen LogP contribution is 2.21. The highest BCUT2D eigenvalue weighted by atomic mass is 16.4. The van der Waals surface area contributed by atoms with E-state index in [0.29, 0.717) is 24.9 Å². The van der Waals surface area contributed by atoms with Crippen LogP contribution in [-0.4, -0.2) is 74.5 Å². The van der Waals surface area contributed by atoms with E-state index in [1.54, 1.807) is 12.1 Å². The van der Waals surface area contributed by atoms with Crippen molar-refractivity contribution in [1.82, 2.24) is 20.5 Å². The number of hydrogen-bond acceptors (Lipinski definition) is 6. The molecule has 4 rings (SSSR count). The number of nitrogens with one attached hydrogen (secondary N) is 3. The van der Waals surface area contributed by atoms with E-state index in [-0.39, 0.29) is 18.6 Å². The summed E-state index contributed by atoms with van der Waals surface area (Å²) in [7, 11) is 0. The van der Waals surface area contributed by atoms with Gasteiger partial charge in [0.1, 0.15) is 23.9 Å². The van der Waals surface area contributed by atoms with Crippen molar-refractivity contribution in [3.63, 3.8) is 0 Å². The second-order valence-electron chi connectivity index (χ2n) is 9.86. The third kappa shape index (κ3) is 6.55. The fourth-order valence-electron chi connectivity index (χ4n) is 4.90. The van der Waals surface area contributed by atoms with Crippen LogP contribution in [0.15, 0.2) is 54.7 Å². The van der Waals surface area contributed by atoms with Crippen LogP contribution >= 0.6 is 0 Å². The minimum absolute atomic E-state index is 0.0167. The Morgan fingerprint density at radius 1 is 1.08 bits per heavy atom. The first-order chi connectivity index (χ1) is 18.6. The van der Waals surface area contributed by atoms with Gasteiger partial charge in [0, 0.05) is 30.1 Å². The summed E-state index contributed by atoms with van der Waals surface area (Å²) in [5.41, 5.74) is 8.60. The van der Waals surface area contributed by atoms with Crippen molar-refractivity contribution < 1.29 is 29.4 Å². The summed E-state index contributed by atoms with van der Waals surface area (Å²) in [6, 6.07) is 9.86. The number of carboxylic acids is 1. The van der Waals surface area contributed by atoms with Gasteiger partial charge in [0.15, 0.2) is 0 Å². The number of H-pyrrole nitrogens is 1. The van der Waals surface area contributed by atoms with Crippen LogP contribution < -0.4 is 16.4 Å². The highest BCUT2D eigenvalue weighted by molar-refractivity contribution is 5.94. The summed E-state index contributed by atoms with van der Waals surface area (Å²) >= 11 is 0. The zero-order chi connectivity index (χ0) is 28.1. The fraction of sp³-hybridized carbons (Fsp3) is 0.357. The van der Waals surface area contributed by atoms with Gasteiger partial charge < -0.3 is 36.5 Å². The summed E-state index contributed by atoms with van der Waals surface area (Å²) in [5, 5.41) is 25.2. The van der Waals surface area contributed by atoms with Gasteiger partial charge in [-0.3, -0.25) is 14.4 Å². The van der Waals surface area contributed by atoms with Gasteiger partial charge in [-0.2, -0.15) is 0 Å². The molecular formula is C28H33N5O6. The number of hydrogen-bond donors (Lipinski definition) is 6. The van der Waals surface area contributed by atoms with E-state index < -0.39 is 47.9 Å². The Morgan fingerprint density at radius 2 is 1.79 bits per heavy atom. The molecule has 1 aromatic heterocycles. The number of aliphatic carboxylic acids is 1. The first-order valence-electron chi connectivity index (χ1n) is 12.9. The van der Waals surface area contributed by atoms with Crippen molar-refractivity contribution in [3.05, 3.63) is 65.9 Å². The lowest BCUT2D eigenvalue weighted by Gasteiger charge is -2.28. The van der Waals surface area contributed by atoms with Crippen molar-refractivity contribution in [2.75, 3.05) is 6.54 Å². The SMILES string of the molecule is CC(NC(=O)C(N)Cc1c[nH]c2ccccc12)C(=O)N1CCCC1C(=O)NC(Cc1ccc(O)cc1)C(=O)O. The predicted octanol–water partition coefficient (Wildman–Crippen LogP) is 1.05. The number of para-hydroxylation sites is 1. The van der Waals surface area contributed by atoms with Crippen LogP contribution in [0.2, 0.25) is 0 Å². The number of aromatic amines is 1. The van der Waals surface area contributed by atoms with Crippen LogP contribution in [-0.2, 0) is 32.0 Å². The maximum absolute atomic E-state index is 13.2. The lowest BCUT2D eigenvalue weighted by atomic mass is 10.0. The molecule has 7 N–H and O–H groups in total. The monoisotopic (exact) mass is 535 g/mol. The molecule has 1 aliphatic rings. The Kier molecular flexibility index (Phi) is 8.50. The third-order valence-corrected chi connectivity index (χ3v) is 7.01. The number of likely N-dealkylation sites (tertiary alicyclic amines) is 1. The number of phenols is 1. The third-order valence-electron chi connectivity index (χ3n) is 7.01. The quantitative estimate of drug-likeness (QED) is 0.225. The summed E-state index contributed by atoms with van der Waals surface area (Å²) in [4.78, 5) is 55.4. The molecule has 4 unspecified atom stereocenters. The van der Waals surface area contributed by atoms with Crippen LogP contribution in [0.1, 0.15) is 30.9 Å². The normalized spacial score (nSPS) is 17.4. The Bertz CT molecular complexity index is 1350. The zero-order valence-electron chi connectivity index (χ0n) is 21.6. The molecule has 39 heavy (non-hydrogen) atoms. The molecule has 0 spiro atoms. The van der Waals surface area contributed by atoms with E-state index in [1.807, 2.05) is 30.5 Å². The van der Waals surface area contributed by atoms with Gasteiger partial charge in [0.2, 0.25) is 17.7 Å². The van der Waals surface area contributed by atoms with Gasteiger partial charge in [-0.05, 0) is 55.5 Å². The highest BCUT2D eigenvalue weighted by Gasteiger charge is 2.38. The molecule has 11 nitrogen and oxygen atoms in total. The van der Waals surface area contributed by atoms with E-state index >= 15 is 0 Å². The number of nitrogens with zero attached hydrogens (tertiary/aromatic N) is 1. The van der Waals surface area contributed by atoms with E-state index in [2.05, 4.69) is 15.6 Å². The molecule has 4 atom stereocenters. The number of carbonyl (C=O) groups excluding carboxylic acids is 3. The van der Waals surface area contributed by atoms with Crippen LogP contribution in [0.25, 0.3) is 10.9 Å². The molecule has 0 aliphatic carbocycles. The van der Waals surface area contributed by atoms with Crippen LogP contribution in [0.5, 0.6) is 5.75 Å². The van der Waals surface area contributed by atoms with Gasteiger partial charge in [0.05, 0.1) is 6.04 Å². The number of benzene rings is 2. The molecule has 3 amide bonds. The number of carbonyl (C=O) groups is 4. The zero-order valence-corrected chi connectivity index (χ0v) is 21.6. The first-order valence-corrected chi connectivity index (χ1v) is 12.9. The number of aromatic hydroxyl groups is 1. The molecule has 0 radical (unpaired) electrons. The van der Waals surface area contributed by atoms with E-state index in [0.717, 1.165) is 16.5 Å². The summed E-state index contributed by atoms with van der Waals surface area (Å²) in [6.45, 7) is 1.85. The van der Waals surface area contributed by atoms with Gasteiger partial charge in [-0.1, -0.05) is 30.3 Å². The lowest BCUT2D eigenvalue weighted by molar-refractivity contribution is -0.144. The average molecular weight is 536 g/mol. The number of nitrogens with two attached hydrogens (primary N) is 1. The molecule has 3 aromatic rings. The largest absolute Gasteiger partial charge is 0.508 e. The van der Waals surface area contributed by atoms with Gasteiger partial charge in [0.25, 0.3) is 0 Å². The Labute approximate surface area is 225 Å². The number of aromatic nitrogens is 1. The van der Waals surface area contributed by atoms with Crippen molar-refractivity contribution in [1.29, 1.82) is 0 Å². The summed E-state index contributed by atoms with van der Waals surface area (Å²) in [5.74, 6) is -2.65. The lowest BCUT2D eigenvalue weighted by Crippen LogP contribution is -2.56. The number of carboxylic acid groups (broad SMARTS) is 1. The second-order valence-corrected chi connectivity index (χ2v) is 9.86. The van der Waals surface area contributed by atoms with Crippen molar-refractivity contribution in [2.45, 2.75) is 56.8 Å². The maximum atomic E-state index is 13.2. The van der Waals surface area contributed by atoms with Gasteiger partial charge >= 0.3 is 5.97 Å². The molecule has 1 fully saturated rings. The van der Waals surface area contributed by atoms with Crippen LogP contribution in [0, 0.1) is 0 Å². The Hall–Kier alpha value is -4.38. The predicted molar refractivity (Wildman–Crippen MR) is 144 cm³/mol. The molecule has 2 aromatic carbocycles. The average Bonchev–Trinajstić information content (AvgIpc) is 3.56. The minimum atomic E-state index is -1.21. The van der Waals surface area contributed by atoms with Crippen LogP contribution in [0.4, 0.5) is 0 Å². The molecule has 1 saturated heterocycles. The minimum Gasteiger partial charge on any atom is -0.508 e. The molecule has 2 heterocycles. The molecule has 0 bridgehead atoms. The van der Waals surface area contributed by atoms with Crippen molar-refractivity contribution in [2.24, 2.45) is 5.73 Å². The van der Waals surface area contributed by atoms with E-state index in [9.17, 15) is 29.4 Å². The second kappa shape index (κ2) is 12.0. The van der Waals surface area contributed by atoms with Gasteiger partial charge in [-0.15, -0.1) is 0 Å². The maximum Gasteiger partial charge on any atom is 0.326 e. The molecule has 0 saturated carbocycles. The smallest absolute Gasteiger partial charge is 0.326 e. The molecule has 206 valence electrons. The number of amides is 3. The first kappa shape index (κ1) is 27.6. The Balaban J connectivity index is 1.34. The van der Waals surface area contributed by atoms with E-state index in [4.69, 9.17) is 5.73 Å². The number of fused-ring (bicyclic) bond motifs is 1. The number of phenolic OH excluding ortho intramolecular Hbond substituents is 1. The number of rotatable bonds is 10. The fourth-order valence-corrected chi connectivity index (χ4v) is 4.90. The van der Waals surface area contributed by atoms with Crippen molar-refractivity contribution >= 4 is 34.6 Å². The van der Waals surface area contributed by atoms with Crippen LogP contribution in [0.3, 0.4) is 0 Å².